The molecule has 2 rings (SSSR count). The summed E-state index contributed by atoms with van der Waals surface area (Å²) in [6.07, 6.45) is 0. The third-order valence-electron chi connectivity index (χ3n) is 2.84. The van der Waals surface area contributed by atoms with Crippen LogP contribution in [0.1, 0.15) is 11.4 Å². The van der Waals surface area contributed by atoms with E-state index in [9.17, 15) is 9.18 Å². The van der Waals surface area contributed by atoms with Crippen molar-refractivity contribution in [2.75, 3.05) is 5.75 Å². The van der Waals surface area contributed by atoms with Gasteiger partial charge in [-0.2, -0.15) is 0 Å². The van der Waals surface area contributed by atoms with Gasteiger partial charge in [0.2, 0.25) is 5.91 Å². The van der Waals surface area contributed by atoms with Gasteiger partial charge in [0.25, 0.3) is 0 Å². The van der Waals surface area contributed by atoms with Gasteiger partial charge in [-0.1, -0.05) is 23.9 Å². The fourth-order valence-corrected chi connectivity index (χ4v) is 2.39. The third kappa shape index (κ3) is 4.27. The van der Waals surface area contributed by atoms with E-state index in [1.54, 1.807) is 23.7 Å². The third-order valence-corrected chi connectivity index (χ3v) is 3.86. The monoisotopic (exact) mass is 309 g/mol. The van der Waals surface area contributed by atoms with E-state index in [0.717, 1.165) is 5.56 Å². The number of carbonyl (C=O) groups excluding carboxylic acids is 1. The molecule has 0 aliphatic heterocycles. The lowest BCUT2D eigenvalue weighted by Gasteiger charge is -2.05. The fraction of sp³-hybridized carbons (Fsp3) is 0.308. The number of carbonyl (C=O) groups is 1. The molecule has 0 saturated heterocycles. The van der Waals surface area contributed by atoms with Crippen LogP contribution in [0.4, 0.5) is 4.39 Å². The van der Waals surface area contributed by atoms with Gasteiger partial charge in [-0.3, -0.25) is 4.79 Å². The normalized spacial score (nSPS) is 10.6. The van der Waals surface area contributed by atoms with Crippen LogP contribution in [-0.4, -0.2) is 26.4 Å². The summed E-state index contributed by atoms with van der Waals surface area (Å²) in [6.45, 7) is 0.674. The van der Waals surface area contributed by atoms with Crippen LogP contribution in [0.2, 0.25) is 0 Å². The van der Waals surface area contributed by atoms with Crippen LogP contribution in [0.5, 0.6) is 0 Å². The molecule has 0 saturated carbocycles. The topological polar surface area (TPSA) is 85.8 Å². The maximum atomic E-state index is 12.7. The van der Waals surface area contributed by atoms with Crippen LogP contribution >= 0.6 is 11.8 Å². The maximum absolute atomic E-state index is 12.7. The van der Waals surface area contributed by atoms with E-state index in [-0.39, 0.29) is 17.5 Å². The first-order chi connectivity index (χ1) is 10.1. The molecule has 1 heterocycles. The SMILES string of the molecule is Cn1c(CN)nnc1SCC(=O)NCc1ccc(F)cc1. The van der Waals surface area contributed by atoms with Crippen LogP contribution in [0.15, 0.2) is 29.4 Å². The zero-order chi connectivity index (χ0) is 15.2. The summed E-state index contributed by atoms with van der Waals surface area (Å²) in [4.78, 5) is 11.8. The second-order valence-corrected chi connectivity index (χ2v) is 5.30. The van der Waals surface area contributed by atoms with E-state index in [1.807, 2.05) is 0 Å². The molecule has 0 unspecified atom stereocenters. The molecular formula is C13H16FN5OS. The first-order valence-corrected chi connectivity index (χ1v) is 7.31. The van der Waals surface area contributed by atoms with E-state index in [1.165, 1.54) is 23.9 Å². The predicted molar refractivity (Wildman–Crippen MR) is 77.9 cm³/mol. The molecule has 1 aromatic heterocycles. The number of nitrogens with zero attached hydrogens (tertiary/aromatic N) is 3. The molecule has 0 aliphatic rings. The van der Waals surface area contributed by atoms with Crippen LogP contribution in [0.3, 0.4) is 0 Å². The van der Waals surface area contributed by atoms with Gasteiger partial charge in [-0.15, -0.1) is 10.2 Å². The van der Waals surface area contributed by atoms with Gasteiger partial charge in [0.1, 0.15) is 11.6 Å². The summed E-state index contributed by atoms with van der Waals surface area (Å²) in [5, 5.41) is 11.3. The van der Waals surface area contributed by atoms with Gasteiger partial charge in [0.05, 0.1) is 12.3 Å². The summed E-state index contributed by atoms with van der Waals surface area (Å²) in [5.74, 6) is 0.488. The summed E-state index contributed by atoms with van der Waals surface area (Å²) < 4.78 is 14.5. The van der Waals surface area contributed by atoms with Crippen LogP contribution < -0.4 is 11.1 Å². The molecular weight excluding hydrogens is 293 g/mol. The van der Waals surface area contributed by atoms with E-state index >= 15 is 0 Å². The predicted octanol–water partition coefficient (Wildman–Crippen LogP) is 0.821. The van der Waals surface area contributed by atoms with E-state index in [2.05, 4.69) is 15.5 Å². The number of thioether (sulfide) groups is 1. The Balaban J connectivity index is 1.79. The molecule has 0 fully saturated rings. The number of halogens is 1. The van der Waals surface area contributed by atoms with Gasteiger partial charge < -0.3 is 15.6 Å². The number of hydrogen-bond acceptors (Lipinski definition) is 5. The van der Waals surface area contributed by atoms with Crippen molar-refractivity contribution >= 4 is 17.7 Å². The van der Waals surface area contributed by atoms with Crippen molar-refractivity contribution in [1.82, 2.24) is 20.1 Å². The van der Waals surface area contributed by atoms with Crippen molar-refractivity contribution in [1.29, 1.82) is 0 Å². The largest absolute Gasteiger partial charge is 0.351 e. The second kappa shape index (κ2) is 7.19. The molecule has 0 atom stereocenters. The average molecular weight is 309 g/mol. The minimum absolute atomic E-state index is 0.123. The highest BCUT2D eigenvalue weighted by atomic mass is 32.2. The van der Waals surface area contributed by atoms with Gasteiger partial charge in [-0.05, 0) is 17.7 Å². The highest BCUT2D eigenvalue weighted by Crippen LogP contribution is 2.14. The minimum Gasteiger partial charge on any atom is -0.351 e. The molecule has 0 radical (unpaired) electrons. The van der Waals surface area contributed by atoms with E-state index in [4.69, 9.17) is 5.73 Å². The Morgan fingerprint density at radius 2 is 2.10 bits per heavy atom. The number of hydrogen-bond donors (Lipinski definition) is 2. The number of rotatable bonds is 6. The van der Waals surface area contributed by atoms with E-state index in [0.29, 0.717) is 24.1 Å². The molecule has 8 heteroatoms. The minimum atomic E-state index is -0.293. The number of nitrogens with two attached hydrogens (primary N) is 1. The van der Waals surface area contributed by atoms with Crippen LogP contribution in [0, 0.1) is 5.82 Å². The Kier molecular flexibility index (Phi) is 5.29. The molecule has 3 N–H and O–H groups in total. The molecule has 1 aromatic carbocycles. The zero-order valence-electron chi connectivity index (χ0n) is 11.5. The lowest BCUT2D eigenvalue weighted by Crippen LogP contribution is -2.24. The summed E-state index contributed by atoms with van der Waals surface area (Å²) in [7, 11) is 1.81. The van der Waals surface area contributed by atoms with Crippen molar-refractivity contribution < 1.29 is 9.18 Å². The van der Waals surface area contributed by atoms with Gasteiger partial charge in [-0.25, -0.2) is 4.39 Å². The van der Waals surface area contributed by atoms with Crippen molar-refractivity contribution in [2.24, 2.45) is 12.8 Å². The average Bonchev–Trinajstić information content (AvgIpc) is 2.85. The Bertz CT molecular complexity index is 614. The summed E-state index contributed by atoms with van der Waals surface area (Å²) in [5.41, 5.74) is 6.35. The zero-order valence-corrected chi connectivity index (χ0v) is 12.4. The van der Waals surface area contributed by atoms with Crippen molar-refractivity contribution in [3.8, 4) is 0 Å². The van der Waals surface area contributed by atoms with Gasteiger partial charge in [0, 0.05) is 13.6 Å². The lowest BCUT2D eigenvalue weighted by molar-refractivity contribution is -0.118. The van der Waals surface area contributed by atoms with Gasteiger partial charge in [0.15, 0.2) is 5.16 Å². The molecule has 6 nitrogen and oxygen atoms in total. The molecule has 0 bridgehead atoms. The smallest absolute Gasteiger partial charge is 0.230 e. The highest BCUT2D eigenvalue weighted by Gasteiger charge is 2.10. The Labute approximate surface area is 125 Å². The highest BCUT2D eigenvalue weighted by molar-refractivity contribution is 7.99. The maximum Gasteiger partial charge on any atom is 0.230 e. The van der Waals surface area contributed by atoms with Crippen molar-refractivity contribution in [3.05, 3.63) is 41.5 Å². The van der Waals surface area contributed by atoms with Crippen molar-refractivity contribution in [3.63, 3.8) is 0 Å². The number of amides is 1. The Morgan fingerprint density at radius 3 is 2.71 bits per heavy atom. The first kappa shape index (κ1) is 15.5. The fourth-order valence-electron chi connectivity index (χ4n) is 1.63. The number of nitrogens with one attached hydrogen (secondary N) is 1. The number of aromatic nitrogens is 3. The summed E-state index contributed by atoms with van der Waals surface area (Å²) >= 11 is 1.29. The van der Waals surface area contributed by atoms with Crippen molar-refractivity contribution in [2.45, 2.75) is 18.2 Å². The quantitative estimate of drug-likeness (QED) is 0.772. The molecule has 2 aromatic rings. The van der Waals surface area contributed by atoms with Crippen LogP contribution in [-0.2, 0) is 24.9 Å². The summed E-state index contributed by atoms with van der Waals surface area (Å²) in [6, 6.07) is 6.01. The second-order valence-electron chi connectivity index (χ2n) is 4.35. The lowest BCUT2D eigenvalue weighted by atomic mass is 10.2. The molecule has 112 valence electrons. The molecule has 1 amide bonds. The Morgan fingerprint density at radius 1 is 1.38 bits per heavy atom. The van der Waals surface area contributed by atoms with E-state index < -0.39 is 0 Å². The molecule has 0 spiro atoms. The standard InChI is InChI=1S/C13H16FN5OS/c1-19-11(6-15)17-18-13(19)21-8-12(20)16-7-9-2-4-10(14)5-3-9/h2-5H,6-8,15H2,1H3,(H,16,20). The number of benzene rings is 1. The molecule has 0 aliphatic carbocycles. The molecule has 21 heavy (non-hydrogen) atoms. The van der Waals surface area contributed by atoms with Crippen LogP contribution in [0.25, 0.3) is 0 Å². The first-order valence-electron chi connectivity index (χ1n) is 6.32. The van der Waals surface area contributed by atoms with Gasteiger partial charge >= 0.3 is 0 Å². The Hall–Kier alpha value is -1.93.